The van der Waals surface area contributed by atoms with E-state index in [1.165, 1.54) is 77.0 Å². The molecular weight excluding hydrogens is 757 g/mol. The number of nitrogens with zero attached hydrogens (tertiary/aromatic N) is 2. The molecule has 2 aromatic heterocycles. The van der Waals surface area contributed by atoms with Gasteiger partial charge in [0, 0.05) is 38.3 Å². The fourth-order valence-corrected chi connectivity index (χ4v) is 10.9. The number of hydrogen-bond donors (Lipinski definition) is 0. The first-order valence-corrected chi connectivity index (χ1v) is 22.0. The second-order valence-electron chi connectivity index (χ2n) is 18.6. The summed E-state index contributed by atoms with van der Waals surface area (Å²) < 4.78 is 4.88. The number of hydrogen-bond acceptors (Lipinski definition) is 2. The van der Waals surface area contributed by atoms with Crippen molar-refractivity contribution in [3.8, 4) is 11.4 Å². The van der Waals surface area contributed by atoms with Gasteiger partial charge < -0.3 is 9.13 Å². The molecule has 0 N–H and O–H groups in total. The van der Waals surface area contributed by atoms with Crippen molar-refractivity contribution in [2.45, 2.75) is 58.2 Å². The van der Waals surface area contributed by atoms with Crippen LogP contribution in [-0.4, -0.2) is 9.13 Å². The van der Waals surface area contributed by atoms with Crippen molar-refractivity contribution in [2.24, 2.45) is 5.41 Å². The minimum Gasteiger partial charge on any atom is -0.309 e. The molecule has 0 saturated carbocycles. The molecule has 1 aliphatic carbocycles. The van der Waals surface area contributed by atoms with Crippen LogP contribution in [0.3, 0.4) is 0 Å². The summed E-state index contributed by atoms with van der Waals surface area (Å²) in [5.74, 6) is 0. The molecule has 0 fully saturated rings. The standard InChI is InChI=1S/C58H48N2O2/c1-57(2)33-41-17-25-53-49(29-41)51-31-43-19-27-55(51)59(53)47-21-13-39(14-22-47)37-61-62-38-40-15-23-48(24-16-40)60-54-26-18-42(34-57)30-50(54)52-32-44(20-28-56(52)60)36-58(35-43,45-9-5-3-6-10-45)46-11-7-4-8-12-46/h3-32H,33-38H2,1-2H3. The summed E-state index contributed by atoms with van der Waals surface area (Å²) in [6.45, 7) is 5.59. The molecule has 0 amide bonds. The molecule has 62 heavy (non-hydrogen) atoms. The maximum absolute atomic E-state index is 5.78. The summed E-state index contributed by atoms with van der Waals surface area (Å²) in [6, 6.07) is 68.8. The van der Waals surface area contributed by atoms with E-state index >= 15 is 0 Å². The van der Waals surface area contributed by atoms with E-state index in [1.54, 1.807) is 0 Å². The zero-order chi connectivity index (χ0) is 41.4. The first-order valence-electron chi connectivity index (χ1n) is 22.0. The Morgan fingerprint density at radius 2 is 0.677 bits per heavy atom. The molecule has 18 bridgehead atoms. The Hall–Kier alpha value is -6.72. The minimum absolute atomic E-state index is 0.0207. The van der Waals surface area contributed by atoms with Gasteiger partial charge in [-0.2, -0.15) is 0 Å². The molecular formula is C58H48N2O2. The maximum atomic E-state index is 5.78. The van der Waals surface area contributed by atoms with Crippen LogP contribution in [0.2, 0.25) is 0 Å². The molecule has 302 valence electrons. The van der Waals surface area contributed by atoms with Crippen LogP contribution in [-0.2, 0) is 54.1 Å². The van der Waals surface area contributed by atoms with Gasteiger partial charge in [-0.15, -0.1) is 0 Å². The lowest BCUT2D eigenvalue weighted by Crippen LogP contribution is -2.33. The predicted octanol–water partition coefficient (Wildman–Crippen LogP) is 13.7. The van der Waals surface area contributed by atoms with E-state index in [1.807, 2.05) is 0 Å². The number of aromatic nitrogens is 2. The molecule has 4 heteroatoms. The second-order valence-corrected chi connectivity index (χ2v) is 18.6. The lowest BCUT2D eigenvalue weighted by molar-refractivity contribution is -0.313. The highest BCUT2D eigenvalue weighted by molar-refractivity contribution is 6.11. The Morgan fingerprint density at radius 3 is 1.03 bits per heavy atom. The Labute approximate surface area is 362 Å². The molecule has 16 heterocycles. The van der Waals surface area contributed by atoms with E-state index in [2.05, 4.69) is 205 Å². The predicted molar refractivity (Wildman–Crippen MR) is 253 cm³/mol. The van der Waals surface area contributed by atoms with Crippen LogP contribution in [0.4, 0.5) is 0 Å². The van der Waals surface area contributed by atoms with Crippen LogP contribution in [0, 0.1) is 5.41 Å². The molecule has 10 aromatic rings. The van der Waals surface area contributed by atoms with Crippen LogP contribution in [0.5, 0.6) is 0 Å². The van der Waals surface area contributed by atoms with Gasteiger partial charge in [0.15, 0.2) is 0 Å². The van der Waals surface area contributed by atoms with Gasteiger partial charge in [-0.3, -0.25) is 0 Å². The van der Waals surface area contributed by atoms with Gasteiger partial charge in [0.1, 0.15) is 13.2 Å². The van der Waals surface area contributed by atoms with Crippen LogP contribution in [0.25, 0.3) is 55.0 Å². The summed E-state index contributed by atoms with van der Waals surface area (Å²) in [5.41, 5.74) is 16.9. The SMILES string of the molecule is CC1(C)Cc2ccc3c(c2)c2cc4ccc2n3-c2ccc(cc2)COOCc2ccc(cc2)-n2c3ccc(cc3c3cc(ccc32)CC(c2ccccc2)(c2ccccc2)C4)C1. The lowest BCUT2D eigenvalue weighted by atomic mass is 9.67. The van der Waals surface area contributed by atoms with Crippen molar-refractivity contribution in [3.05, 3.63) is 226 Å². The average Bonchev–Trinajstić information content (AvgIpc) is 3.79. The molecule has 25 rings (SSSR count). The Bertz CT molecular complexity index is 3080. The quantitative estimate of drug-likeness (QED) is 0.163. The van der Waals surface area contributed by atoms with Crippen LogP contribution >= 0.6 is 0 Å². The smallest absolute Gasteiger partial charge is 0.107 e. The summed E-state index contributed by atoms with van der Waals surface area (Å²) in [6.07, 6.45) is 3.60. The molecule has 0 atom stereocenters. The summed E-state index contributed by atoms with van der Waals surface area (Å²) in [4.78, 5) is 11.6. The third-order valence-electron chi connectivity index (χ3n) is 13.7. The monoisotopic (exact) mass is 804 g/mol. The topological polar surface area (TPSA) is 28.3 Å². The Kier molecular flexibility index (Phi) is 8.64. The average molecular weight is 805 g/mol. The fraction of sp³-hybridized carbons (Fsp3) is 0.172. The molecule has 15 aliphatic rings. The minimum atomic E-state index is -0.353. The Morgan fingerprint density at radius 1 is 0.355 bits per heavy atom. The van der Waals surface area contributed by atoms with Gasteiger partial charge in [0.05, 0.1) is 22.1 Å². The van der Waals surface area contributed by atoms with E-state index < -0.39 is 0 Å². The van der Waals surface area contributed by atoms with E-state index in [0.717, 1.165) is 48.2 Å². The molecule has 14 aliphatic heterocycles. The fourth-order valence-electron chi connectivity index (χ4n) is 10.9. The third-order valence-corrected chi connectivity index (χ3v) is 13.7. The van der Waals surface area contributed by atoms with Crippen LogP contribution < -0.4 is 0 Å². The van der Waals surface area contributed by atoms with Gasteiger partial charge in [0.25, 0.3) is 0 Å². The van der Waals surface area contributed by atoms with Crippen molar-refractivity contribution in [1.29, 1.82) is 0 Å². The molecule has 8 aromatic carbocycles. The van der Waals surface area contributed by atoms with Crippen molar-refractivity contribution in [2.75, 3.05) is 0 Å². The zero-order valence-corrected chi connectivity index (χ0v) is 35.3. The second kappa shape index (κ2) is 14.4. The largest absolute Gasteiger partial charge is 0.309 e. The van der Waals surface area contributed by atoms with Gasteiger partial charge in [-0.1, -0.05) is 123 Å². The van der Waals surface area contributed by atoms with Crippen molar-refractivity contribution in [3.63, 3.8) is 0 Å². The zero-order valence-electron chi connectivity index (χ0n) is 35.3. The van der Waals surface area contributed by atoms with Gasteiger partial charge in [-0.25, -0.2) is 9.78 Å². The first kappa shape index (κ1) is 37.1. The summed E-state index contributed by atoms with van der Waals surface area (Å²) >= 11 is 0. The normalized spacial score (nSPS) is 16.0. The highest BCUT2D eigenvalue weighted by Gasteiger charge is 2.36. The summed E-state index contributed by atoms with van der Waals surface area (Å²) in [7, 11) is 0. The van der Waals surface area contributed by atoms with E-state index in [0.29, 0.717) is 13.2 Å². The summed E-state index contributed by atoms with van der Waals surface area (Å²) in [5, 5.41) is 5.14. The number of rotatable bonds is 2. The van der Waals surface area contributed by atoms with Crippen LogP contribution in [0.1, 0.15) is 58.4 Å². The van der Waals surface area contributed by atoms with E-state index in [-0.39, 0.29) is 10.8 Å². The van der Waals surface area contributed by atoms with E-state index in [4.69, 9.17) is 9.78 Å². The van der Waals surface area contributed by atoms with Crippen molar-refractivity contribution < 1.29 is 9.78 Å². The first-order chi connectivity index (χ1) is 30.4. The van der Waals surface area contributed by atoms with Crippen molar-refractivity contribution in [1.82, 2.24) is 9.13 Å². The molecule has 0 spiro atoms. The van der Waals surface area contributed by atoms with E-state index in [9.17, 15) is 0 Å². The molecule has 0 saturated heterocycles. The van der Waals surface area contributed by atoms with Gasteiger partial charge in [-0.05, 0) is 148 Å². The molecule has 0 unspecified atom stereocenters. The third kappa shape index (κ3) is 6.28. The maximum Gasteiger partial charge on any atom is 0.107 e. The number of benzene rings is 8. The highest BCUT2D eigenvalue weighted by atomic mass is 17.2. The van der Waals surface area contributed by atoms with Crippen LogP contribution in [0.15, 0.2) is 182 Å². The molecule has 4 nitrogen and oxygen atoms in total. The van der Waals surface area contributed by atoms with Gasteiger partial charge >= 0.3 is 0 Å². The highest BCUT2D eigenvalue weighted by Crippen LogP contribution is 2.43. The molecule has 0 radical (unpaired) electrons. The lowest BCUT2D eigenvalue weighted by Gasteiger charge is -2.36. The van der Waals surface area contributed by atoms with Gasteiger partial charge in [0.2, 0.25) is 0 Å². The van der Waals surface area contributed by atoms with Crippen molar-refractivity contribution >= 4 is 43.6 Å². The Balaban J connectivity index is 1.17.